The summed E-state index contributed by atoms with van der Waals surface area (Å²) in [7, 11) is 1.86. The Labute approximate surface area is 192 Å². The van der Waals surface area contributed by atoms with Gasteiger partial charge in [0.1, 0.15) is 5.75 Å². The number of H-pyrrole nitrogens is 1. The van der Waals surface area contributed by atoms with E-state index in [0.717, 1.165) is 44.5 Å². The summed E-state index contributed by atoms with van der Waals surface area (Å²) < 4.78 is 13.6. The minimum atomic E-state index is -0.435. The molecule has 4 rings (SSSR count). The number of aromatic amines is 1. The number of esters is 1. The molecule has 0 aliphatic rings. The van der Waals surface area contributed by atoms with E-state index in [9.17, 15) is 4.79 Å². The number of carbonyl (C=O) groups excluding carboxylic acids is 1. The lowest BCUT2D eigenvalue weighted by Crippen LogP contribution is -2.11. The fourth-order valence-electron chi connectivity index (χ4n) is 4.24. The molecular weight excluding hydrogens is 426 g/mol. The van der Waals surface area contributed by atoms with Crippen molar-refractivity contribution in [3.63, 3.8) is 0 Å². The van der Waals surface area contributed by atoms with Gasteiger partial charge in [0.2, 0.25) is 0 Å². The van der Waals surface area contributed by atoms with Gasteiger partial charge in [0.25, 0.3) is 0 Å². The second-order valence-electron chi connectivity index (χ2n) is 7.94. The van der Waals surface area contributed by atoms with E-state index in [4.69, 9.17) is 21.1 Å². The highest BCUT2D eigenvalue weighted by molar-refractivity contribution is 6.32. The molecule has 32 heavy (non-hydrogen) atoms. The molecule has 0 fully saturated rings. The van der Waals surface area contributed by atoms with E-state index >= 15 is 0 Å². The van der Waals surface area contributed by atoms with E-state index in [1.54, 1.807) is 6.92 Å². The van der Waals surface area contributed by atoms with Crippen LogP contribution in [0.1, 0.15) is 39.9 Å². The topological polar surface area (TPSA) is 69.1 Å². The van der Waals surface area contributed by atoms with Crippen molar-refractivity contribution in [2.24, 2.45) is 7.05 Å². The van der Waals surface area contributed by atoms with Crippen molar-refractivity contribution in [1.29, 1.82) is 0 Å². The molecule has 0 unspecified atom stereocenters. The average Bonchev–Trinajstić information content (AvgIpc) is 3.22. The minimum absolute atomic E-state index is 0.270. The number of aromatic nitrogens is 3. The zero-order valence-corrected chi connectivity index (χ0v) is 19.8. The number of rotatable bonds is 5. The van der Waals surface area contributed by atoms with Crippen LogP contribution in [-0.2, 0) is 11.8 Å². The fraction of sp³-hybridized carbons (Fsp3) is 0.280. The highest BCUT2D eigenvalue weighted by Gasteiger charge is 2.27. The van der Waals surface area contributed by atoms with Crippen molar-refractivity contribution in [1.82, 2.24) is 14.8 Å². The molecule has 0 atom stereocenters. The number of benzene rings is 2. The van der Waals surface area contributed by atoms with Gasteiger partial charge in [0, 0.05) is 34.3 Å². The highest BCUT2D eigenvalue weighted by atomic mass is 35.5. The van der Waals surface area contributed by atoms with Crippen LogP contribution >= 0.6 is 11.6 Å². The molecule has 0 spiro atoms. The number of hydrogen-bond acceptors (Lipinski definition) is 4. The third kappa shape index (κ3) is 3.54. The molecule has 0 radical (unpaired) electrons. The lowest BCUT2D eigenvalue weighted by molar-refractivity contribution is 0.0513. The molecule has 0 amide bonds. The third-order valence-corrected chi connectivity index (χ3v) is 6.26. The van der Waals surface area contributed by atoms with Gasteiger partial charge < -0.3 is 14.0 Å². The average molecular weight is 452 g/mol. The SMILES string of the molecule is CCOC(=O)c1c(Oc2cc(C)c(Cl)c(C)c2)c2cccc(-c3c(C)n[nH]c3C)c2n1C. The van der Waals surface area contributed by atoms with E-state index in [2.05, 4.69) is 10.2 Å². The lowest BCUT2D eigenvalue weighted by Gasteiger charge is -2.11. The van der Waals surface area contributed by atoms with Crippen LogP contribution in [0.5, 0.6) is 11.5 Å². The van der Waals surface area contributed by atoms with Crippen molar-refractivity contribution >= 4 is 28.5 Å². The Bertz CT molecular complexity index is 1310. The third-order valence-electron chi connectivity index (χ3n) is 5.66. The molecule has 2 aromatic heterocycles. The maximum atomic E-state index is 13.0. The maximum absolute atomic E-state index is 13.0. The molecule has 0 bridgehead atoms. The number of nitrogens with zero attached hydrogens (tertiary/aromatic N) is 2. The van der Waals surface area contributed by atoms with Gasteiger partial charge in [0.15, 0.2) is 11.4 Å². The summed E-state index contributed by atoms with van der Waals surface area (Å²) in [6, 6.07) is 9.69. The molecule has 2 heterocycles. The van der Waals surface area contributed by atoms with E-state index in [1.165, 1.54) is 0 Å². The Morgan fingerprint density at radius 3 is 2.44 bits per heavy atom. The van der Waals surface area contributed by atoms with Crippen LogP contribution in [0, 0.1) is 27.7 Å². The monoisotopic (exact) mass is 451 g/mol. The predicted molar refractivity (Wildman–Crippen MR) is 127 cm³/mol. The fourth-order valence-corrected chi connectivity index (χ4v) is 4.35. The van der Waals surface area contributed by atoms with Crippen LogP contribution in [0.2, 0.25) is 5.02 Å². The summed E-state index contributed by atoms with van der Waals surface area (Å²) in [5, 5.41) is 8.92. The first kappa shape index (κ1) is 22.0. The molecule has 0 aliphatic carbocycles. The summed E-state index contributed by atoms with van der Waals surface area (Å²) in [4.78, 5) is 13.0. The Morgan fingerprint density at radius 2 is 1.84 bits per heavy atom. The first-order valence-corrected chi connectivity index (χ1v) is 10.9. The maximum Gasteiger partial charge on any atom is 0.358 e. The number of nitrogens with one attached hydrogen (secondary N) is 1. The molecule has 1 N–H and O–H groups in total. The van der Waals surface area contributed by atoms with Gasteiger partial charge >= 0.3 is 5.97 Å². The molecule has 0 saturated carbocycles. The quantitative estimate of drug-likeness (QED) is 0.355. The summed E-state index contributed by atoms with van der Waals surface area (Å²) in [6.07, 6.45) is 0. The van der Waals surface area contributed by atoms with Crippen LogP contribution in [0.3, 0.4) is 0 Å². The molecule has 0 aliphatic heterocycles. The Morgan fingerprint density at radius 1 is 1.16 bits per heavy atom. The molecule has 0 saturated heterocycles. The van der Waals surface area contributed by atoms with E-state index in [0.29, 0.717) is 22.2 Å². The van der Waals surface area contributed by atoms with Crippen LogP contribution in [-0.4, -0.2) is 27.3 Å². The van der Waals surface area contributed by atoms with E-state index < -0.39 is 5.97 Å². The van der Waals surface area contributed by atoms with Crippen molar-refractivity contribution in [3.05, 3.63) is 63.6 Å². The molecular formula is C25H26ClN3O3. The van der Waals surface area contributed by atoms with Crippen molar-refractivity contribution in [3.8, 4) is 22.6 Å². The van der Waals surface area contributed by atoms with Crippen LogP contribution in [0.25, 0.3) is 22.0 Å². The summed E-state index contributed by atoms with van der Waals surface area (Å²) >= 11 is 6.34. The first-order valence-electron chi connectivity index (χ1n) is 10.5. The zero-order chi connectivity index (χ0) is 23.2. The second-order valence-corrected chi connectivity index (χ2v) is 8.32. The van der Waals surface area contributed by atoms with Gasteiger partial charge in [-0.15, -0.1) is 0 Å². The van der Waals surface area contributed by atoms with Crippen molar-refractivity contribution < 1.29 is 14.3 Å². The van der Waals surface area contributed by atoms with E-state index in [1.807, 2.05) is 69.6 Å². The number of aryl methyl sites for hydroxylation is 5. The Hall–Kier alpha value is -3.25. The Balaban J connectivity index is 2.00. The number of fused-ring (bicyclic) bond motifs is 1. The lowest BCUT2D eigenvalue weighted by atomic mass is 10.0. The molecule has 6 nitrogen and oxygen atoms in total. The normalized spacial score (nSPS) is 11.2. The number of hydrogen-bond donors (Lipinski definition) is 1. The van der Waals surface area contributed by atoms with Gasteiger partial charge in [-0.3, -0.25) is 5.10 Å². The standard InChI is InChI=1S/C25H26ClN3O3/c1-7-31-25(30)23-24(32-17-11-13(2)21(26)14(3)12-17)19-10-8-9-18(22(19)29(23)6)20-15(4)27-28-16(20)5/h8-12H,7H2,1-6H3,(H,27,28). The van der Waals surface area contributed by atoms with Gasteiger partial charge in [-0.05, 0) is 63.9 Å². The van der Waals surface area contributed by atoms with Gasteiger partial charge in [0.05, 0.1) is 17.8 Å². The minimum Gasteiger partial charge on any atom is -0.461 e. The van der Waals surface area contributed by atoms with E-state index in [-0.39, 0.29) is 6.61 Å². The van der Waals surface area contributed by atoms with Gasteiger partial charge in [-0.25, -0.2) is 4.79 Å². The molecule has 7 heteroatoms. The largest absolute Gasteiger partial charge is 0.461 e. The summed E-state index contributed by atoms with van der Waals surface area (Å²) in [6.45, 7) is 9.87. The van der Waals surface area contributed by atoms with Crippen LogP contribution in [0.15, 0.2) is 30.3 Å². The molecule has 166 valence electrons. The zero-order valence-electron chi connectivity index (χ0n) is 19.1. The smallest absolute Gasteiger partial charge is 0.358 e. The highest BCUT2D eigenvalue weighted by Crippen LogP contribution is 2.42. The number of halogens is 1. The molecule has 4 aromatic rings. The van der Waals surface area contributed by atoms with Crippen molar-refractivity contribution in [2.45, 2.75) is 34.6 Å². The van der Waals surface area contributed by atoms with Crippen LogP contribution in [0.4, 0.5) is 0 Å². The predicted octanol–water partition coefficient (Wildman–Crippen LogP) is 6.42. The summed E-state index contributed by atoms with van der Waals surface area (Å²) in [5.41, 5.74) is 6.88. The first-order chi connectivity index (χ1) is 15.2. The second kappa shape index (κ2) is 8.36. The van der Waals surface area contributed by atoms with Gasteiger partial charge in [-0.2, -0.15) is 5.10 Å². The summed E-state index contributed by atoms with van der Waals surface area (Å²) in [5.74, 6) is 0.640. The van der Waals surface area contributed by atoms with Gasteiger partial charge in [-0.1, -0.05) is 23.7 Å². The van der Waals surface area contributed by atoms with Crippen LogP contribution < -0.4 is 4.74 Å². The number of carbonyl (C=O) groups is 1. The molecule has 2 aromatic carbocycles. The van der Waals surface area contributed by atoms with Crippen molar-refractivity contribution in [2.75, 3.05) is 6.61 Å². The number of ether oxygens (including phenoxy) is 2. The Kier molecular flexibility index (Phi) is 5.73. The number of para-hydroxylation sites is 1.